The molecule has 33 heavy (non-hydrogen) atoms. The molecule has 0 aromatic heterocycles. The van der Waals surface area contributed by atoms with Crippen LogP contribution in [0.1, 0.15) is 22.7 Å². The van der Waals surface area contributed by atoms with Crippen LogP contribution < -0.4 is 0 Å². The third kappa shape index (κ3) is 5.32. The van der Waals surface area contributed by atoms with E-state index < -0.39 is 21.8 Å². The predicted octanol–water partition coefficient (Wildman–Crippen LogP) is 5.56. The average Bonchev–Trinajstić information content (AvgIpc) is 2.81. The first-order chi connectivity index (χ1) is 15.7. The summed E-state index contributed by atoms with van der Waals surface area (Å²) in [5.74, 6) is 0. The van der Waals surface area contributed by atoms with Crippen LogP contribution in [-0.2, 0) is 16.2 Å². The summed E-state index contributed by atoms with van der Waals surface area (Å²) in [6.07, 6.45) is -4.60. The molecule has 0 amide bonds. The standard InChI is InChI=1S/C24H22BrF3N2O2S/c25-21-11-9-19(10-12-21)23(18-5-2-1-3-6-18)29-13-15-30(16-14-29)33(31,32)22-8-4-7-20(17-22)24(26,27)28/h1-12,17,23H,13-16H2. The second-order valence-electron chi connectivity index (χ2n) is 7.83. The summed E-state index contributed by atoms with van der Waals surface area (Å²) in [4.78, 5) is 1.87. The van der Waals surface area contributed by atoms with Crippen molar-refractivity contribution >= 4 is 26.0 Å². The number of halogens is 4. The molecule has 0 N–H and O–H groups in total. The Morgan fingerprint density at radius 2 is 1.39 bits per heavy atom. The Kier molecular flexibility index (Phi) is 6.95. The van der Waals surface area contributed by atoms with Gasteiger partial charge in [-0.1, -0.05) is 64.5 Å². The SMILES string of the molecule is O=S(=O)(c1cccc(C(F)(F)F)c1)N1CCN(C(c2ccccc2)c2ccc(Br)cc2)CC1. The Morgan fingerprint density at radius 3 is 2.00 bits per heavy atom. The summed E-state index contributed by atoms with van der Waals surface area (Å²) in [7, 11) is -4.03. The predicted molar refractivity (Wildman–Crippen MR) is 124 cm³/mol. The first-order valence-corrected chi connectivity index (χ1v) is 12.6. The molecular formula is C24H22BrF3N2O2S. The first kappa shape index (κ1) is 23.9. The molecule has 0 radical (unpaired) electrons. The quantitative estimate of drug-likeness (QED) is 0.426. The molecule has 1 fully saturated rings. The van der Waals surface area contributed by atoms with Crippen molar-refractivity contribution in [1.82, 2.24) is 9.21 Å². The van der Waals surface area contributed by atoms with E-state index in [-0.39, 0.29) is 24.0 Å². The third-order valence-corrected chi connectivity index (χ3v) is 8.16. The van der Waals surface area contributed by atoms with Gasteiger partial charge in [0.05, 0.1) is 16.5 Å². The summed E-state index contributed by atoms with van der Waals surface area (Å²) in [6, 6.07) is 21.8. The molecule has 4 nitrogen and oxygen atoms in total. The van der Waals surface area contributed by atoms with Crippen LogP contribution in [0.2, 0.25) is 0 Å². The molecule has 174 valence electrons. The Balaban J connectivity index is 1.56. The molecule has 1 aliphatic rings. The second kappa shape index (κ2) is 9.58. The Morgan fingerprint density at radius 1 is 0.788 bits per heavy atom. The highest BCUT2D eigenvalue weighted by molar-refractivity contribution is 9.10. The fourth-order valence-electron chi connectivity index (χ4n) is 4.08. The van der Waals surface area contributed by atoms with E-state index in [4.69, 9.17) is 0 Å². The van der Waals surface area contributed by atoms with Crippen LogP contribution in [0.4, 0.5) is 13.2 Å². The zero-order valence-electron chi connectivity index (χ0n) is 17.5. The van der Waals surface area contributed by atoms with Gasteiger partial charge in [0.15, 0.2) is 0 Å². The van der Waals surface area contributed by atoms with Crippen LogP contribution in [0.3, 0.4) is 0 Å². The average molecular weight is 539 g/mol. The molecular weight excluding hydrogens is 517 g/mol. The highest BCUT2D eigenvalue weighted by atomic mass is 79.9. The van der Waals surface area contributed by atoms with Crippen LogP contribution in [0.25, 0.3) is 0 Å². The minimum absolute atomic E-state index is 0.0577. The van der Waals surface area contributed by atoms with E-state index >= 15 is 0 Å². The van der Waals surface area contributed by atoms with Crippen molar-refractivity contribution in [3.05, 3.63) is 100 Å². The molecule has 1 heterocycles. The molecule has 3 aromatic carbocycles. The van der Waals surface area contributed by atoms with Crippen molar-refractivity contribution in [2.75, 3.05) is 26.2 Å². The van der Waals surface area contributed by atoms with Gasteiger partial charge in [-0.05, 0) is 41.5 Å². The van der Waals surface area contributed by atoms with Crippen LogP contribution in [-0.4, -0.2) is 43.8 Å². The lowest BCUT2D eigenvalue weighted by Crippen LogP contribution is -2.49. The molecule has 1 atom stereocenters. The van der Waals surface area contributed by atoms with Gasteiger partial charge in [-0.15, -0.1) is 0 Å². The number of benzene rings is 3. The molecule has 3 aromatic rings. The largest absolute Gasteiger partial charge is 0.416 e. The molecule has 1 aliphatic heterocycles. The normalized spacial score (nSPS) is 17.1. The molecule has 4 rings (SSSR count). The lowest BCUT2D eigenvalue weighted by Gasteiger charge is -2.39. The number of piperazine rings is 1. The maximum atomic E-state index is 13.1. The minimum atomic E-state index is -4.60. The second-order valence-corrected chi connectivity index (χ2v) is 10.7. The lowest BCUT2D eigenvalue weighted by atomic mass is 9.96. The number of nitrogens with zero attached hydrogens (tertiary/aromatic N) is 2. The van der Waals surface area contributed by atoms with E-state index in [0.717, 1.165) is 27.7 Å². The van der Waals surface area contributed by atoms with Crippen LogP contribution in [0.5, 0.6) is 0 Å². The first-order valence-electron chi connectivity index (χ1n) is 10.4. The van der Waals surface area contributed by atoms with Gasteiger partial charge in [0.1, 0.15) is 0 Å². The Hall–Kier alpha value is -2.20. The van der Waals surface area contributed by atoms with Crippen LogP contribution in [0, 0.1) is 0 Å². The van der Waals surface area contributed by atoms with Crippen molar-refractivity contribution in [2.24, 2.45) is 0 Å². The Bertz CT molecular complexity index is 1190. The van der Waals surface area contributed by atoms with Gasteiger partial charge in [-0.25, -0.2) is 8.42 Å². The number of sulfonamides is 1. The minimum Gasteiger partial charge on any atom is -0.290 e. The molecule has 0 spiro atoms. The molecule has 0 bridgehead atoms. The van der Waals surface area contributed by atoms with Crippen molar-refractivity contribution in [2.45, 2.75) is 17.1 Å². The van der Waals surface area contributed by atoms with Gasteiger partial charge in [0.25, 0.3) is 0 Å². The summed E-state index contributed by atoms with van der Waals surface area (Å²) in [6.45, 7) is 1.29. The van der Waals surface area contributed by atoms with E-state index in [1.807, 2.05) is 54.6 Å². The van der Waals surface area contributed by atoms with Crippen molar-refractivity contribution in [1.29, 1.82) is 0 Å². The van der Waals surface area contributed by atoms with Crippen molar-refractivity contribution in [3.8, 4) is 0 Å². The van der Waals surface area contributed by atoms with Crippen LogP contribution in [0.15, 0.2) is 88.2 Å². The van der Waals surface area contributed by atoms with E-state index in [1.165, 1.54) is 10.4 Å². The van der Waals surface area contributed by atoms with Gasteiger partial charge in [0.2, 0.25) is 10.0 Å². The zero-order valence-corrected chi connectivity index (χ0v) is 19.9. The Labute approximate surface area is 199 Å². The maximum Gasteiger partial charge on any atom is 0.416 e. The van der Waals surface area contributed by atoms with Gasteiger partial charge in [0, 0.05) is 30.7 Å². The molecule has 1 unspecified atom stereocenters. The van der Waals surface area contributed by atoms with Gasteiger partial charge < -0.3 is 0 Å². The zero-order chi connectivity index (χ0) is 23.6. The number of hydrogen-bond donors (Lipinski definition) is 0. The van der Waals surface area contributed by atoms with E-state index in [0.29, 0.717) is 19.2 Å². The van der Waals surface area contributed by atoms with E-state index in [9.17, 15) is 21.6 Å². The van der Waals surface area contributed by atoms with E-state index in [2.05, 4.69) is 20.8 Å². The smallest absolute Gasteiger partial charge is 0.290 e. The summed E-state index contributed by atoms with van der Waals surface area (Å²) in [5, 5.41) is 0. The summed E-state index contributed by atoms with van der Waals surface area (Å²) < 4.78 is 67.5. The van der Waals surface area contributed by atoms with Gasteiger partial charge in [-0.2, -0.15) is 17.5 Å². The molecule has 0 aliphatic carbocycles. The number of alkyl halides is 3. The van der Waals surface area contributed by atoms with Gasteiger partial charge >= 0.3 is 6.18 Å². The van der Waals surface area contributed by atoms with Gasteiger partial charge in [-0.3, -0.25) is 4.90 Å². The van der Waals surface area contributed by atoms with E-state index in [1.54, 1.807) is 0 Å². The topological polar surface area (TPSA) is 40.6 Å². The highest BCUT2D eigenvalue weighted by Gasteiger charge is 2.35. The fraction of sp³-hybridized carbons (Fsp3) is 0.250. The lowest BCUT2D eigenvalue weighted by molar-refractivity contribution is -0.137. The van der Waals surface area contributed by atoms with Crippen LogP contribution >= 0.6 is 15.9 Å². The molecule has 1 saturated heterocycles. The third-order valence-electron chi connectivity index (χ3n) is 5.74. The van der Waals surface area contributed by atoms with Crippen molar-refractivity contribution in [3.63, 3.8) is 0 Å². The molecule has 0 saturated carbocycles. The number of rotatable bonds is 5. The summed E-state index contributed by atoms with van der Waals surface area (Å²) in [5.41, 5.74) is 1.20. The number of hydrogen-bond acceptors (Lipinski definition) is 3. The highest BCUT2D eigenvalue weighted by Crippen LogP contribution is 2.33. The van der Waals surface area contributed by atoms with Crippen molar-refractivity contribution < 1.29 is 21.6 Å². The summed E-state index contributed by atoms with van der Waals surface area (Å²) >= 11 is 3.46. The fourth-order valence-corrected chi connectivity index (χ4v) is 5.81. The maximum absolute atomic E-state index is 13.1. The molecule has 9 heteroatoms. The monoisotopic (exact) mass is 538 g/mol.